The number of hydrogen-bond donors (Lipinski definition) is 1. The lowest BCUT2D eigenvalue weighted by Gasteiger charge is -2.16. The predicted octanol–water partition coefficient (Wildman–Crippen LogP) is 3.21. The molecule has 25 heavy (non-hydrogen) atoms. The highest BCUT2D eigenvalue weighted by atomic mass is 16.1. The fourth-order valence-corrected chi connectivity index (χ4v) is 3.59. The second-order valence-corrected chi connectivity index (χ2v) is 6.50. The average Bonchev–Trinajstić information content (AvgIpc) is 2.88. The van der Waals surface area contributed by atoms with Crippen molar-refractivity contribution in [1.82, 2.24) is 9.88 Å². The molecule has 0 aliphatic heterocycles. The minimum absolute atomic E-state index is 0.0685. The van der Waals surface area contributed by atoms with Gasteiger partial charge in [0.1, 0.15) is 0 Å². The maximum atomic E-state index is 12.6. The van der Waals surface area contributed by atoms with Crippen molar-refractivity contribution in [3.8, 4) is 0 Å². The highest BCUT2D eigenvalue weighted by Gasteiger charge is 2.28. The molecule has 130 valence electrons. The van der Waals surface area contributed by atoms with Crippen LogP contribution in [0.3, 0.4) is 0 Å². The number of nitrogens with zero attached hydrogens (tertiary/aromatic N) is 1. The normalized spacial score (nSPS) is 13.4. The number of carbonyl (C=O) groups is 2. The lowest BCUT2D eigenvalue weighted by atomic mass is 9.92. The van der Waals surface area contributed by atoms with Gasteiger partial charge in [-0.15, -0.1) is 6.58 Å². The van der Waals surface area contributed by atoms with Crippen LogP contribution < -0.4 is 5.32 Å². The SMILES string of the molecule is C=CCNC(=O)Cc1c2c(n(Cc3ccccc3)c1C)CCCC2=O. The number of rotatable bonds is 6. The molecule has 1 aromatic carbocycles. The summed E-state index contributed by atoms with van der Waals surface area (Å²) in [6, 6.07) is 10.2. The monoisotopic (exact) mass is 336 g/mol. The molecule has 0 unspecified atom stereocenters. The molecule has 0 bridgehead atoms. The molecule has 0 fully saturated rings. The van der Waals surface area contributed by atoms with Gasteiger partial charge in [-0.2, -0.15) is 0 Å². The van der Waals surface area contributed by atoms with E-state index >= 15 is 0 Å². The minimum atomic E-state index is -0.0685. The maximum Gasteiger partial charge on any atom is 0.224 e. The van der Waals surface area contributed by atoms with Crippen LogP contribution in [0.25, 0.3) is 0 Å². The van der Waals surface area contributed by atoms with E-state index in [1.54, 1.807) is 6.08 Å². The van der Waals surface area contributed by atoms with Crippen LogP contribution in [0, 0.1) is 6.92 Å². The Morgan fingerprint density at radius 2 is 2.04 bits per heavy atom. The van der Waals surface area contributed by atoms with Crippen molar-refractivity contribution in [2.45, 2.75) is 39.2 Å². The molecule has 1 amide bonds. The summed E-state index contributed by atoms with van der Waals surface area (Å²) >= 11 is 0. The Morgan fingerprint density at radius 3 is 2.76 bits per heavy atom. The molecule has 1 heterocycles. The van der Waals surface area contributed by atoms with E-state index in [0.717, 1.165) is 41.9 Å². The first kappa shape index (κ1) is 17.2. The Morgan fingerprint density at radius 1 is 1.28 bits per heavy atom. The Labute approximate surface area is 148 Å². The molecule has 0 saturated heterocycles. The number of fused-ring (bicyclic) bond motifs is 1. The Balaban J connectivity index is 1.98. The van der Waals surface area contributed by atoms with E-state index in [4.69, 9.17) is 0 Å². The summed E-state index contributed by atoms with van der Waals surface area (Å²) in [5.74, 6) is 0.101. The number of ketones is 1. The van der Waals surface area contributed by atoms with E-state index in [0.29, 0.717) is 13.0 Å². The number of amides is 1. The number of hydrogen-bond acceptors (Lipinski definition) is 2. The molecule has 1 aromatic heterocycles. The van der Waals surface area contributed by atoms with Crippen LogP contribution >= 0.6 is 0 Å². The Bertz CT molecular complexity index is 803. The predicted molar refractivity (Wildman–Crippen MR) is 98.9 cm³/mol. The molecule has 4 heteroatoms. The van der Waals surface area contributed by atoms with Gasteiger partial charge in [0.25, 0.3) is 0 Å². The Kier molecular flexibility index (Phi) is 5.17. The molecule has 0 spiro atoms. The Hall–Kier alpha value is -2.62. The molecule has 1 aliphatic carbocycles. The van der Waals surface area contributed by atoms with E-state index in [1.165, 1.54) is 5.56 Å². The minimum Gasteiger partial charge on any atom is -0.352 e. The number of carbonyl (C=O) groups excluding carboxylic acids is 2. The lowest BCUT2D eigenvalue weighted by Crippen LogP contribution is -2.26. The van der Waals surface area contributed by atoms with Crippen molar-refractivity contribution in [2.24, 2.45) is 0 Å². The van der Waals surface area contributed by atoms with Crippen molar-refractivity contribution in [3.63, 3.8) is 0 Å². The number of Topliss-reactive ketones (excluding diaryl/α,β-unsaturated/α-hetero) is 1. The molecule has 0 saturated carbocycles. The molecule has 1 aliphatic rings. The zero-order valence-corrected chi connectivity index (χ0v) is 14.7. The fraction of sp³-hybridized carbons (Fsp3) is 0.333. The third-order valence-electron chi connectivity index (χ3n) is 4.82. The summed E-state index contributed by atoms with van der Waals surface area (Å²) in [5.41, 5.74) is 4.98. The van der Waals surface area contributed by atoms with Crippen LogP contribution in [0.5, 0.6) is 0 Å². The van der Waals surface area contributed by atoms with Crippen molar-refractivity contribution in [1.29, 1.82) is 0 Å². The van der Waals surface area contributed by atoms with Crippen LogP contribution in [0.4, 0.5) is 0 Å². The summed E-state index contributed by atoms with van der Waals surface area (Å²) in [6.07, 6.45) is 4.25. The topological polar surface area (TPSA) is 51.1 Å². The van der Waals surface area contributed by atoms with E-state index in [2.05, 4.69) is 28.6 Å². The first-order valence-corrected chi connectivity index (χ1v) is 8.77. The quantitative estimate of drug-likeness (QED) is 0.824. The average molecular weight is 336 g/mol. The van der Waals surface area contributed by atoms with Gasteiger partial charge in [0.2, 0.25) is 5.91 Å². The standard InChI is InChI=1S/C21H24N2O2/c1-3-12-22-20(25)13-17-15(2)23(14-16-8-5-4-6-9-16)18-10-7-11-19(24)21(17)18/h3-6,8-9H,1,7,10-14H2,2H3,(H,22,25). The van der Waals surface area contributed by atoms with Crippen LogP contribution in [-0.2, 0) is 24.2 Å². The van der Waals surface area contributed by atoms with Crippen LogP contribution in [0.2, 0.25) is 0 Å². The van der Waals surface area contributed by atoms with Crippen molar-refractivity contribution >= 4 is 11.7 Å². The van der Waals surface area contributed by atoms with Gasteiger partial charge in [0.15, 0.2) is 5.78 Å². The molecule has 0 atom stereocenters. The molecule has 0 radical (unpaired) electrons. The second kappa shape index (κ2) is 7.51. The second-order valence-electron chi connectivity index (χ2n) is 6.50. The van der Waals surface area contributed by atoms with E-state index < -0.39 is 0 Å². The summed E-state index contributed by atoms with van der Waals surface area (Å²) in [4.78, 5) is 24.8. The highest BCUT2D eigenvalue weighted by Crippen LogP contribution is 2.31. The van der Waals surface area contributed by atoms with Crippen molar-refractivity contribution < 1.29 is 9.59 Å². The van der Waals surface area contributed by atoms with E-state index in [-0.39, 0.29) is 18.1 Å². The number of aromatic nitrogens is 1. The summed E-state index contributed by atoms with van der Waals surface area (Å²) in [5, 5.41) is 2.81. The van der Waals surface area contributed by atoms with Crippen LogP contribution in [0.1, 0.15) is 45.7 Å². The third kappa shape index (κ3) is 3.58. The van der Waals surface area contributed by atoms with Gasteiger partial charge in [-0.25, -0.2) is 0 Å². The zero-order valence-electron chi connectivity index (χ0n) is 14.7. The first-order valence-electron chi connectivity index (χ1n) is 8.77. The fourth-order valence-electron chi connectivity index (χ4n) is 3.59. The number of benzene rings is 1. The molecular weight excluding hydrogens is 312 g/mol. The zero-order chi connectivity index (χ0) is 17.8. The van der Waals surface area contributed by atoms with Gasteiger partial charge in [-0.3, -0.25) is 9.59 Å². The number of nitrogens with one attached hydrogen (secondary N) is 1. The van der Waals surface area contributed by atoms with Crippen LogP contribution in [-0.4, -0.2) is 22.8 Å². The van der Waals surface area contributed by atoms with Crippen molar-refractivity contribution in [2.75, 3.05) is 6.54 Å². The highest BCUT2D eigenvalue weighted by molar-refractivity contribution is 6.01. The van der Waals surface area contributed by atoms with Gasteiger partial charge in [0, 0.05) is 36.5 Å². The van der Waals surface area contributed by atoms with Crippen molar-refractivity contribution in [3.05, 3.63) is 71.1 Å². The third-order valence-corrected chi connectivity index (χ3v) is 4.82. The first-order chi connectivity index (χ1) is 12.1. The molecule has 2 aromatic rings. The van der Waals surface area contributed by atoms with Gasteiger partial charge < -0.3 is 9.88 Å². The maximum absolute atomic E-state index is 12.6. The summed E-state index contributed by atoms with van der Waals surface area (Å²) < 4.78 is 2.22. The van der Waals surface area contributed by atoms with E-state index in [1.807, 2.05) is 25.1 Å². The van der Waals surface area contributed by atoms with Gasteiger partial charge in [0.05, 0.1) is 6.42 Å². The molecule has 3 rings (SSSR count). The molecule has 1 N–H and O–H groups in total. The van der Waals surface area contributed by atoms with Gasteiger partial charge in [-0.1, -0.05) is 36.4 Å². The van der Waals surface area contributed by atoms with Gasteiger partial charge in [-0.05, 0) is 30.9 Å². The molecular formula is C21H24N2O2. The largest absolute Gasteiger partial charge is 0.352 e. The summed E-state index contributed by atoms with van der Waals surface area (Å²) in [7, 11) is 0. The summed E-state index contributed by atoms with van der Waals surface area (Å²) in [6.45, 7) is 6.81. The lowest BCUT2D eigenvalue weighted by molar-refractivity contribution is -0.120. The molecule has 4 nitrogen and oxygen atoms in total. The smallest absolute Gasteiger partial charge is 0.224 e. The van der Waals surface area contributed by atoms with Crippen LogP contribution in [0.15, 0.2) is 43.0 Å². The van der Waals surface area contributed by atoms with Gasteiger partial charge >= 0.3 is 0 Å². The van der Waals surface area contributed by atoms with E-state index in [9.17, 15) is 9.59 Å².